The standard InChI is InChI=1S/C17H22N2O4S/c1-4-19(5-2)24(21,22)16-10-8-14(9-11-16)17(20)18(3)13-15-7-6-12-23-15/h6-12H,4-5,13H2,1-3H3. The molecule has 0 N–H and O–H groups in total. The van der Waals surface area contributed by atoms with Crippen LogP contribution < -0.4 is 0 Å². The molecule has 0 atom stereocenters. The molecule has 0 saturated carbocycles. The molecule has 130 valence electrons. The van der Waals surface area contributed by atoms with Gasteiger partial charge in [0.05, 0.1) is 17.7 Å². The number of benzene rings is 1. The SMILES string of the molecule is CCN(CC)S(=O)(=O)c1ccc(C(=O)N(C)Cc2ccco2)cc1. The van der Waals surface area contributed by atoms with Crippen molar-refractivity contribution in [2.45, 2.75) is 25.3 Å². The number of rotatable bonds is 7. The Balaban J connectivity index is 2.15. The van der Waals surface area contributed by atoms with Crippen LogP contribution in [0.3, 0.4) is 0 Å². The van der Waals surface area contributed by atoms with Crippen LogP contribution in [0.5, 0.6) is 0 Å². The molecule has 0 radical (unpaired) electrons. The molecule has 1 aromatic carbocycles. The van der Waals surface area contributed by atoms with Gasteiger partial charge in [0.1, 0.15) is 5.76 Å². The Hall–Kier alpha value is -2.12. The number of furan rings is 1. The molecule has 7 heteroatoms. The molecular weight excluding hydrogens is 328 g/mol. The smallest absolute Gasteiger partial charge is 0.254 e. The largest absolute Gasteiger partial charge is 0.467 e. The minimum absolute atomic E-state index is 0.191. The van der Waals surface area contributed by atoms with Crippen LogP contribution >= 0.6 is 0 Å². The van der Waals surface area contributed by atoms with Crippen molar-refractivity contribution in [3.63, 3.8) is 0 Å². The van der Waals surface area contributed by atoms with Crippen LogP contribution in [0.2, 0.25) is 0 Å². The molecule has 0 bridgehead atoms. The van der Waals surface area contributed by atoms with Crippen molar-refractivity contribution in [3.8, 4) is 0 Å². The van der Waals surface area contributed by atoms with E-state index in [9.17, 15) is 13.2 Å². The number of carbonyl (C=O) groups excluding carboxylic acids is 1. The minimum Gasteiger partial charge on any atom is -0.467 e. The van der Waals surface area contributed by atoms with Gasteiger partial charge in [0.2, 0.25) is 10.0 Å². The summed E-state index contributed by atoms with van der Waals surface area (Å²) in [5, 5.41) is 0. The lowest BCUT2D eigenvalue weighted by molar-refractivity contribution is 0.0775. The van der Waals surface area contributed by atoms with Gasteiger partial charge in [0.25, 0.3) is 5.91 Å². The first-order valence-electron chi connectivity index (χ1n) is 7.78. The van der Waals surface area contributed by atoms with E-state index in [0.717, 1.165) is 0 Å². The molecule has 0 saturated heterocycles. The predicted octanol–water partition coefficient (Wildman–Crippen LogP) is 2.58. The zero-order chi connectivity index (χ0) is 17.7. The third kappa shape index (κ3) is 3.85. The van der Waals surface area contributed by atoms with E-state index in [2.05, 4.69) is 0 Å². The summed E-state index contributed by atoms with van der Waals surface area (Å²) in [6.07, 6.45) is 1.56. The van der Waals surface area contributed by atoms with E-state index in [1.807, 2.05) is 0 Å². The Kier molecular flexibility index (Phi) is 5.80. The number of carbonyl (C=O) groups is 1. The summed E-state index contributed by atoms with van der Waals surface area (Å²) in [5.74, 6) is 0.491. The first-order valence-corrected chi connectivity index (χ1v) is 9.22. The lowest BCUT2D eigenvalue weighted by Crippen LogP contribution is -2.30. The minimum atomic E-state index is -3.51. The van der Waals surface area contributed by atoms with Gasteiger partial charge >= 0.3 is 0 Å². The van der Waals surface area contributed by atoms with E-state index in [4.69, 9.17) is 4.42 Å². The third-order valence-electron chi connectivity index (χ3n) is 3.76. The van der Waals surface area contributed by atoms with Crippen LogP contribution in [0.1, 0.15) is 30.0 Å². The Morgan fingerprint density at radius 1 is 1.08 bits per heavy atom. The summed E-state index contributed by atoms with van der Waals surface area (Å²) < 4.78 is 31.5. The van der Waals surface area contributed by atoms with Gasteiger partial charge in [0, 0.05) is 25.7 Å². The monoisotopic (exact) mass is 350 g/mol. The first-order chi connectivity index (χ1) is 11.4. The number of amides is 1. The second-order valence-corrected chi connectivity index (χ2v) is 7.29. The van der Waals surface area contributed by atoms with E-state index in [-0.39, 0.29) is 10.8 Å². The summed E-state index contributed by atoms with van der Waals surface area (Å²) >= 11 is 0. The van der Waals surface area contributed by atoms with E-state index in [1.54, 1.807) is 39.3 Å². The quantitative estimate of drug-likeness (QED) is 0.769. The van der Waals surface area contributed by atoms with Crippen molar-refractivity contribution in [2.24, 2.45) is 0 Å². The fourth-order valence-electron chi connectivity index (χ4n) is 2.41. The second kappa shape index (κ2) is 7.63. The van der Waals surface area contributed by atoms with Crippen molar-refractivity contribution in [1.29, 1.82) is 0 Å². The molecule has 1 aromatic heterocycles. The highest BCUT2D eigenvalue weighted by Gasteiger charge is 2.22. The van der Waals surface area contributed by atoms with Gasteiger partial charge in [-0.15, -0.1) is 0 Å². The summed E-state index contributed by atoms with van der Waals surface area (Å²) in [7, 11) is -1.84. The van der Waals surface area contributed by atoms with Crippen molar-refractivity contribution in [3.05, 3.63) is 54.0 Å². The number of hydrogen-bond donors (Lipinski definition) is 0. The molecule has 0 aliphatic heterocycles. The topological polar surface area (TPSA) is 70.8 Å². The summed E-state index contributed by atoms with van der Waals surface area (Å²) in [5.41, 5.74) is 0.433. The molecule has 0 fully saturated rings. The van der Waals surface area contributed by atoms with Crippen molar-refractivity contribution in [1.82, 2.24) is 9.21 Å². The Labute approximate surface area is 142 Å². The maximum Gasteiger partial charge on any atom is 0.254 e. The van der Waals surface area contributed by atoms with Gasteiger partial charge in [-0.1, -0.05) is 13.8 Å². The Morgan fingerprint density at radius 3 is 2.21 bits per heavy atom. The van der Waals surface area contributed by atoms with Gasteiger partial charge in [-0.05, 0) is 36.4 Å². The van der Waals surface area contributed by atoms with Crippen LogP contribution in [-0.2, 0) is 16.6 Å². The van der Waals surface area contributed by atoms with Gasteiger partial charge < -0.3 is 9.32 Å². The van der Waals surface area contributed by atoms with Crippen LogP contribution in [0.15, 0.2) is 52.0 Å². The fourth-order valence-corrected chi connectivity index (χ4v) is 3.87. The van der Waals surface area contributed by atoms with Gasteiger partial charge in [-0.3, -0.25) is 4.79 Å². The Morgan fingerprint density at radius 2 is 1.71 bits per heavy atom. The van der Waals surface area contributed by atoms with Crippen LogP contribution in [0, 0.1) is 0 Å². The van der Waals surface area contributed by atoms with Crippen molar-refractivity contribution >= 4 is 15.9 Å². The zero-order valence-electron chi connectivity index (χ0n) is 14.1. The van der Waals surface area contributed by atoms with E-state index in [1.165, 1.54) is 33.5 Å². The zero-order valence-corrected chi connectivity index (χ0v) is 14.9. The molecule has 0 spiro atoms. The van der Waals surface area contributed by atoms with E-state index >= 15 is 0 Å². The van der Waals surface area contributed by atoms with Gasteiger partial charge in [-0.25, -0.2) is 8.42 Å². The number of nitrogens with zero attached hydrogens (tertiary/aromatic N) is 2. The number of hydrogen-bond acceptors (Lipinski definition) is 4. The summed E-state index contributed by atoms with van der Waals surface area (Å²) in [6, 6.07) is 9.59. The normalized spacial score (nSPS) is 11.7. The number of sulfonamides is 1. The molecule has 0 unspecified atom stereocenters. The summed E-state index contributed by atoms with van der Waals surface area (Å²) in [4.78, 5) is 14.1. The highest BCUT2D eigenvalue weighted by molar-refractivity contribution is 7.89. The van der Waals surface area contributed by atoms with Crippen LogP contribution in [0.25, 0.3) is 0 Å². The lowest BCUT2D eigenvalue weighted by Gasteiger charge is -2.19. The maximum atomic E-state index is 12.4. The third-order valence-corrected chi connectivity index (χ3v) is 5.83. The van der Waals surface area contributed by atoms with Crippen molar-refractivity contribution in [2.75, 3.05) is 20.1 Å². The molecule has 1 heterocycles. The molecule has 24 heavy (non-hydrogen) atoms. The predicted molar refractivity (Wildman–Crippen MR) is 91.1 cm³/mol. The van der Waals surface area contributed by atoms with Gasteiger partial charge in [0.15, 0.2) is 0 Å². The van der Waals surface area contributed by atoms with Gasteiger partial charge in [-0.2, -0.15) is 4.31 Å². The second-order valence-electron chi connectivity index (χ2n) is 5.35. The highest BCUT2D eigenvalue weighted by atomic mass is 32.2. The van der Waals surface area contributed by atoms with Crippen LogP contribution in [0.4, 0.5) is 0 Å². The average molecular weight is 350 g/mol. The van der Waals surface area contributed by atoms with E-state index < -0.39 is 10.0 Å². The van der Waals surface area contributed by atoms with Crippen molar-refractivity contribution < 1.29 is 17.6 Å². The molecule has 0 aliphatic rings. The summed E-state index contributed by atoms with van der Waals surface area (Å²) in [6.45, 7) is 4.76. The molecule has 1 amide bonds. The molecule has 0 aliphatic carbocycles. The fraction of sp³-hybridized carbons (Fsp3) is 0.353. The average Bonchev–Trinajstić information content (AvgIpc) is 3.08. The highest BCUT2D eigenvalue weighted by Crippen LogP contribution is 2.17. The lowest BCUT2D eigenvalue weighted by atomic mass is 10.2. The molecular formula is C17H22N2O4S. The van der Waals surface area contributed by atoms with E-state index in [0.29, 0.717) is 31.0 Å². The first kappa shape index (κ1) is 18.2. The maximum absolute atomic E-state index is 12.4. The molecule has 2 rings (SSSR count). The molecule has 2 aromatic rings. The Bertz CT molecular complexity index is 763. The van der Waals surface area contributed by atoms with Crippen LogP contribution in [-0.4, -0.2) is 43.7 Å². The molecule has 6 nitrogen and oxygen atoms in total.